The van der Waals surface area contributed by atoms with Crippen LogP contribution in [0.25, 0.3) is 0 Å². The smallest absolute Gasteiger partial charge is 0.222 e. The third kappa shape index (κ3) is 5.64. The SMILES string of the molecule is O=C(CCCC(=O)N1CCC(Oc2ccc(F)cc2)CC1)c1ccccc1. The zero-order valence-electron chi connectivity index (χ0n) is 15.3. The maximum Gasteiger partial charge on any atom is 0.222 e. The lowest BCUT2D eigenvalue weighted by Crippen LogP contribution is -2.41. The fraction of sp³-hybridized carbons (Fsp3) is 0.364. The van der Waals surface area contributed by atoms with Crippen molar-refractivity contribution in [1.29, 1.82) is 0 Å². The predicted octanol–water partition coefficient (Wildman–Crippen LogP) is 4.25. The molecule has 3 rings (SSSR count). The second-order valence-corrected chi connectivity index (χ2v) is 6.79. The average molecular weight is 369 g/mol. The van der Waals surface area contributed by atoms with Gasteiger partial charge in [0.15, 0.2) is 5.78 Å². The predicted molar refractivity (Wildman–Crippen MR) is 101 cm³/mol. The van der Waals surface area contributed by atoms with Crippen molar-refractivity contribution in [3.05, 3.63) is 66.0 Å². The lowest BCUT2D eigenvalue weighted by molar-refractivity contribution is -0.133. The molecule has 1 amide bonds. The number of Topliss-reactive ketones (excluding diaryl/α,β-unsaturated/α-hetero) is 1. The Morgan fingerprint density at radius 1 is 0.963 bits per heavy atom. The molecule has 5 heteroatoms. The number of ketones is 1. The van der Waals surface area contributed by atoms with Crippen molar-refractivity contribution in [2.75, 3.05) is 13.1 Å². The Hall–Kier alpha value is -2.69. The molecule has 4 nitrogen and oxygen atoms in total. The molecule has 1 aliphatic rings. The number of ether oxygens (including phenoxy) is 1. The van der Waals surface area contributed by atoms with Crippen LogP contribution in [0, 0.1) is 5.82 Å². The molecule has 0 N–H and O–H groups in total. The van der Waals surface area contributed by atoms with Crippen LogP contribution >= 0.6 is 0 Å². The summed E-state index contributed by atoms with van der Waals surface area (Å²) in [6.07, 6.45) is 2.90. The van der Waals surface area contributed by atoms with Crippen LogP contribution in [0.2, 0.25) is 0 Å². The van der Waals surface area contributed by atoms with Gasteiger partial charge in [-0.25, -0.2) is 4.39 Å². The number of hydrogen-bond donors (Lipinski definition) is 0. The molecular weight excluding hydrogens is 345 g/mol. The summed E-state index contributed by atoms with van der Waals surface area (Å²) in [5.41, 5.74) is 0.698. The van der Waals surface area contributed by atoms with Gasteiger partial charge in [0.2, 0.25) is 5.91 Å². The van der Waals surface area contributed by atoms with E-state index in [1.165, 1.54) is 12.1 Å². The van der Waals surface area contributed by atoms with Gasteiger partial charge in [0, 0.05) is 44.3 Å². The fourth-order valence-electron chi connectivity index (χ4n) is 3.26. The van der Waals surface area contributed by atoms with Crippen LogP contribution in [0.3, 0.4) is 0 Å². The van der Waals surface area contributed by atoms with E-state index < -0.39 is 0 Å². The number of benzene rings is 2. The van der Waals surface area contributed by atoms with E-state index in [-0.39, 0.29) is 23.6 Å². The molecule has 0 spiro atoms. The van der Waals surface area contributed by atoms with Gasteiger partial charge in [-0.1, -0.05) is 30.3 Å². The summed E-state index contributed by atoms with van der Waals surface area (Å²) in [7, 11) is 0. The molecule has 0 aliphatic carbocycles. The number of hydrogen-bond acceptors (Lipinski definition) is 3. The van der Waals surface area contributed by atoms with Gasteiger partial charge in [-0.15, -0.1) is 0 Å². The molecule has 0 unspecified atom stereocenters. The molecule has 1 fully saturated rings. The molecule has 2 aromatic carbocycles. The Balaban J connectivity index is 1.37. The molecule has 0 saturated carbocycles. The molecule has 0 bridgehead atoms. The first kappa shape index (κ1) is 19.1. The highest BCUT2D eigenvalue weighted by Gasteiger charge is 2.23. The standard InChI is InChI=1S/C22H24FNO3/c23-18-9-11-19(12-10-18)27-20-13-15-24(16-14-20)22(26)8-4-7-21(25)17-5-2-1-3-6-17/h1-3,5-6,9-12,20H,4,7-8,13-16H2. The number of likely N-dealkylation sites (tertiary alicyclic amines) is 1. The van der Waals surface area contributed by atoms with Crippen LogP contribution in [-0.4, -0.2) is 35.8 Å². The Bertz CT molecular complexity index is 753. The first-order valence-electron chi connectivity index (χ1n) is 9.40. The van der Waals surface area contributed by atoms with Crippen molar-refractivity contribution in [3.63, 3.8) is 0 Å². The highest BCUT2D eigenvalue weighted by atomic mass is 19.1. The summed E-state index contributed by atoms with van der Waals surface area (Å²) in [6, 6.07) is 15.2. The van der Waals surface area contributed by atoms with Gasteiger partial charge in [0.25, 0.3) is 0 Å². The minimum absolute atomic E-state index is 0.0409. The average Bonchev–Trinajstić information content (AvgIpc) is 2.71. The number of halogens is 1. The zero-order chi connectivity index (χ0) is 19.1. The summed E-state index contributed by atoms with van der Waals surface area (Å²) in [5, 5.41) is 0. The van der Waals surface area contributed by atoms with Crippen molar-refractivity contribution >= 4 is 11.7 Å². The molecule has 0 atom stereocenters. The monoisotopic (exact) mass is 369 g/mol. The molecule has 0 aromatic heterocycles. The van der Waals surface area contributed by atoms with Crippen LogP contribution in [0.5, 0.6) is 5.75 Å². The van der Waals surface area contributed by atoms with Gasteiger partial charge >= 0.3 is 0 Å². The van der Waals surface area contributed by atoms with Gasteiger partial charge in [-0.05, 0) is 30.7 Å². The summed E-state index contributed by atoms with van der Waals surface area (Å²) in [5.74, 6) is 0.542. The first-order valence-corrected chi connectivity index (χ1v) is 9.40. The second-order valence-electron chi connectivity index (χ2n) is 6.79. The zero-order valence-corrected chi connectivity index (χ0v) is 15.3. The van der Waals surface area contributed by atoms with Gasteiger partial charge in [0.05, 0.1) is 0 Å². The summed E-state index contributed by atoms with van der Waals surface area (Å²) in [6.45, 7) is 1.30. The quantitative estimate of drug-likeness (QED) is 0.686. The van der Waals surface area contributed by atoms with Crippen LogP contribution in [0.1, 0.15) is 42.5 Å². The van der Waals surface area contributed by atoms with Crippen molar-refractivity contribution in [1.82, 2.24) is 4.90 Å². The topological polar surface area (TPSA) is 46.6 Å². The van der Waals surface area contributed by atoms with Crippen molar-refractivity contribution in [3.8, 4) is 5.75 Å². The van der Waals surface area contributed by atoms with Crippen LogP contribution in [-0.2, 0) is 4.79 Å². The van der Waals surface area contributed by atoms with Gasteiger partial charge < -0.3 is 9.64 Å². The van der Waals surface area contributed by atoms with E-state index in [1.807, 2.05) is 23.1 Å². The molecule has 27 heavy (non-hydrogen) atoms. The minimum Gasteiger partial charge on any atom is -0.490 e. The number of rotatable bonds is 7. The molecule has 0 radical (unpaired) electrons. The minimum atomic E-state index is -0.284. The Kier molecular flexibility index (Phi) is 6.58. The van der Waals surface area contributed by atoms with E-state index in [2.05, 4.69) is 0 Å². The second kappa shape index (κ2) is 9.31. The normalized spacial score (nSPS) is 14.8. The molecule has 1 saturated heterocycles. The number of nitrogens with zero attached hydrogens (tertiary/aromatic N) is 1. The maximum atomic E-state index is 12.9. The van der Waals surface area contributed by atoms with Crippen LogP contribution in [0.15, 0.2) is 54.6 Å². The lowest BCUT2D eigenvalue weighted by Gasteiger charge is -2.32. The Morgan fingerprint density at radius 3 is 2.30 bits per heavy atom. The van der Waals surface area contributed by atoms with Crippen molar-refractivity contribution < 1.29 is 18.7 Å². The van der Waals surface area contributed by atoms with Crippen LogP contribution < -0.4 is 4.74 Å². The maximum absolute atomic E-state index is 12.9. The Labute approximate surface area is 158 Å². The summed E-state index contributed by atoms with van der Waals surface area (Å²) < 4.78 is 18.8. The molecule has 1 heterocycles. The van der Waals surface area contributed by atoms with Gasteiger partial charge in [0.1, 0.15) is 17.7 Å². The third-order valence-corrected chi connectivity index (χ3v) is 4.80. The molecule has 1 aliphatic heterocycles. The number of carbonyl (C=O) groups excluding carboxylic acids is 2. The van der Waals surface area contributed by atoms with Gasteiger partial charge in [-0.2, -0.15) is 0 Å². The summed E-state index contributed by atoms with van der Waals surface area (Å²) >= 11 is 0. The number of amides is 1. The van der Waals surface area contributed by atoms with Crippen LogP contribution in [0.4, 0.5) is 4.39 Å². The van der Waals surface area contributed by atoms with E-state index in [0.717, 1.165) is 12.8 Å². The fourth-order valence-corrected chi connectivity index (χ4v) is 3.26. The first-order chi connectivity index (χ1) is 13.1. The third-order valence-electron chi connectivity index (χ3n) is 4.80. The van der Waals surface area contributed by atoms with E-state index >= 15 is 0 Å². The number of piperidine rings is 1. The highest BCUT2D eigenvalue weighted by molar-refractivity contribution is 5.96. The lowest BCUT2D eigenvalue weighted by atomic mass is 10.0. The van der Waals surface area contributed by atoms with Crippen molar-refractivity contribution in [2.24, 2.45) is 0 Å². The highest BCUT2D eigenvalue weighted by Crippen LogP contribution is 2.20. The van der Waals surface area contributed by atoms with E-state index in [9.17, 15) is 14.0 Å². The molecule has 2 aromatic rings. The largest absolute Gasteiger partial charge is 0.490 e. The summed E-state index contributed by atoms with van der Waals surface area (Å²) in [4.78, 5) is 26.3. The van der Waals surface area contributed by atoms with Crippen molar-refractivity contribution in [2.45, 2.75) is 38.2 Å². The van der Waals surface area contributed by atoms with E-state index in [4.69, 9.17) is 4.74 Å². The van der Waals surface area contributed by atoms with Gasteiger partial charge in [-0.3, -0.25) is 9.59 Å². The molecular formula is C22H24FNO3. The Morgan fingerprint density at radius 2 is 1.63 bits per heavy atom. The molecule has 142 valence electrons. The van der Waals surface area contributed by atoms with E-state index in [0.29, 0.717) is 43.7 Å². The van der Waals surface area contributed by atoms with E-state index in [1.54, 1.807) is 24.3 Å². The number of carbonyl (C=O) groups is 2.